The van der Waals surface area contributed by atoms with Gasteiger partial charge in [-0.1, -0.05) is 12.1 Å². The highest BCUT2D eigenvalue weighted by molar-refractivity contribution is 7.98. The van der Waals surface area contributed by atoms with Crippen LogP contribution in [0.4, 0.5) is 4.39 Å². The zero-order valence-corrected chi connectivity index (χ0v) is 14.3. The Kier molecular flexibility index (Phi) is 3.73. The van der Waals surface area contributed by atoms with Crippen molar-refractivity contribution in [2.75, 3.05) is 6.26 Å². The summed E-state index contributed by atoms with van der Waals surface area (Å²) in [7, 11) is 0. The Bertz CT molecular complexity index is 959. The van der Waals surface area contributed by atoms with Gasteiger partial charge in [0.25, 0.3) is 0 Å². The highest BCUT2D eigenvalue weighted by Crippen LogP contribution is 2.30. The number of nitrogens with zero attached hydrogens (tertiary/aromatic N) is 3. The van der Waals surface area contributed by atoms with Crippen LogP contribution in [0.2, 0.25) is 0 Å². The second-order valence-corrected chi connectivity index (χ2v) is 6.56. The molecule has 0 N–H and O–H groups in total. The summed E-state index contributed by atoms with van der Waals surface area (Å²) in [5, 5.41) is 0. The number of aromatic nitrogens is 2. The standard InChI is InChI=1S/C19H16FN3S/c1-12-10-21-18-11-22-19(14-5-3-4-6-16(14)20)15-9-13(24-2)7-8-17(15)23(12)18/h3-10H,11H2,1-2H3. The van der Waals surface area contributed by atoms with E-state index in [1.165, 1.54) is 6.07 Å². The predicted octanol–water partition coefficient (Wildman–Crippen LogP) is 4.39. The molecule has 120 valence electrons. The molecule has 1 aliphatic heterocycles. The van der Waals surface area contributed by atoms with Gasteiger partial charge in [0, 0.05) is 27.9 Å². The van der Waals surface area contributed by atoms with Gasteiger partial charge in [0.05, 0.1) is 17.9 Å². The van der Waals surface area contributed by atoms with Crippen LogP contribution in [0.1, 0.15) is 22.6 Å². The van der Waals surface area contributed by atoms with Crippen molar-refractivity contribution in [1.82, 2.24) is 9.55 Å². The third-order valence-electron chi connectivity index (χ3n) is 4.22. The lowest BCUT2D eigenvalue weighted by atomic mass is 10.00. The Hall–Kier alpha value is -2.40. The molecule has 5 heteroatoms. The number of aliphatic imine (C=N–C) groups is 1. The van der Waals surface area contributed by atoms with Gasteiger partial charge in [-0.3, -0.25) is 9.56 Å². The van der Waals surface area contributed by atoms with Crippen LogP contribution < -0.4 is 0 Å². The van der Waals surface area contributed by atoms with E-state index in [0.29, 0.717) is 17.8 Å². The minimum atomic E-state index is -0.256. The van der Waals surface area contributed by atoms with E-state index in [-0.39, 0.29) is 5.82 Å². The molecule has 0 fully saturated rings. The molecular weight excluding hydrogens is 321 g/mol. The molecule has 1 aromatic heterocycles. The molecule has 2 heterocycles. The molecule has 0 saturated carbocycles. The van der Waals surface area contributed by atoms with Gasteiger partial charge in [-0.25, -0.2) is 9.37 Å². The number of benzene rings is 2. The summed E-state index contributed by atoms with van der Waals surface area (Å²) in [5.74, 6) is 0.616. The SMILES string of the molecule is CSc1ccc2c(c1)C(c1ccccc1F)=NCc1ncc(C)n1-2. The first-order valence-electron chi connectivity index (χ1n) is 7.70. The van der Waals surface area contributed by atoms with Gasteiger partial charge in [-0.2, -0.15) is 0 Å². The number of imidazole rings is 1. The van der Waals surface area contributed by atoms with Gasteiger partial charge in [0.15, 0.2) is 0 Å². The van der Waals surface area contributed by atoms with Crippen LogP contribution in [-0.4, -0.2) is 21.5 Å². The lowest BCUT2D eigenvalue weighted by molar-refractivity contribution is 0.625. The van der Waals surface area contributed by atoms with E-state index in [1.807, 2.05) is 25.4 Å². The zero-order chi connectivity index (χ0) is 16.7. The van der Waals surface area contributed by atoms with Gasteiger partial charge in [-0.15, -0.1) is 11.8 Å². The van der Waals surface area contributed by atoms with Gasteiger partial charge < -0.3 is 0 Å². The smallest absolute Gasteiger partial charge is 0.135 e. The minimum absolute atomic E-state index is 0.256. The predicted molar refractivity (Wildman–Crippen MR) is 95.8 cm³/mol. The van der Waals surface area contributed by atoms with Gasteiger partial charge >= 0.3 is 0 Å². The molecule has 0 unspecified atom stereocenters. The maximum Gasteiger partial charge on any atom is 0.135 e. The number of fused-ring (bicyclic) bond motifs is 3. The fourth-order valence-electron chi connectivity index (χ4n) is 3.07. The molecule has 24 heavy (non-hydrogen) atoms. The van der Waals surface area contributed by atoms with E-state index in [2.05, 4.69) is 27.8 Å². The van der Waals surface area contributed by atoms with Crippen molar-refractivity contribution in [2.24, 2.45) is 4.99 Å². The summed E-state index contributed by atoms with van der Waals surface area (Å²) < 4.78 is 16.5. The molecule has 0 saturated heterocycles. The van der Waals surface area contributed by atoms with E-state index in [9.17, 15) is 4.39 Å². The van der Waals surface area contributed by atoms with Crippen molar-refractivity contribution < 1.29 is 4.39 Å². The minimum Gasteiger partial charge on any atom is -0.299 e. The normalized spacial score (nSPS) is 13.0. The van der Waals surface area contributed by atoms with E-state index in [1.54, 1.807) is 23.9 Å². The lowest BCUT2D eigenvalue weighted by Crippen LogP contribution is -2.09. The van der Waals surface area contributed by atoms with Crippen LogP contribution >= 0.6 is 11.8 Å². The largest absolute Gasteiger partial charge is 0.299 e. The summed E-state index contributed by atoms with van der Waals surface area (Å²) in [6.07, 6.45) is 3.89. The first-order valence-corrected chi connectivity index (χ1v) is 8.93. The third kappa shape index (κ3) is 2.36. The van der Waals surface area contributed by atoms with E-state index in [0.717, 1.165) is 27.7 Å². The van der Waals surface area contributed by atoms with Crippen LogP contribution in [0.25, 0.3) is 5.69 Å². The molecule has 1 aliphatic rings. The van der Waals surface area contributed by atoms with Crippen LogP contribution in [0.3, 0.4) is 0 Å². The average molecular weight is 337 g/mol. The Morgan fingerprint density at radius 3 is 2.75 bits per heavy atom. The Morgan fingerprint density at radius 2 is 1.96 bits per heavy atom. The van der Waals surface area contributed by atoms with Crippen LogP contribution in [-0.2, 0) is 6.54 Å². The van der Waals surface area contributed by atoms with E-state index >= 15 is 0 Å². The molecule has 0 aliphatic carbocycles. The molecule has 0 radical (unpaired) electrons. The second kappa shape index (κ2) is 5.91. The average Bonchev–Trinajstić information content (AvgIpc) is 2.88. The Labute approximate surface area is 144 Å². The van der Waals surface area contributed by atoms with Crippen molar-refractivity contribution in [3.05, 3.63) is 77.1 Å². The number of aryl methyl sites for hydroxylation is 1. The maximum absolute atomic E-state index is 14.4. The van der Waals surface area contributed by atoms with Gasteiger partial charge in [0.1, 0.15) is 11.6 Å². The fraction of sp³-hybridized carbons (Fsp3) is 0.158. The van der Waals surface area contributed by atoms with Crippen molar-refractivity contribution in [1.29, 1.82) is 0 Å². The molecule has 3 nitrogen and oxygen atoms in total. The third-order valence-corrected chi connectivity index (χ3v) is 4.94. The van der Waals surface area contributed by atoms with Crippen LogP contribution in [0, 0.1) is 12.7 Å². The molecule has 0 atom stereocenters. The van der Waals surface area contributed by atoms with Gasteiger partial charge in [-0.05, 0) is 43.5 Å². The number of hydrogen-bond donors (Lipinski definition) is 0. The lowest BCUT2D eigenvalue weighted by Gasteiger charge is -2.14. The summed E-state index contributed by atoms with van der Waals surface area (Å²) in [5.41, 5.74) is 4.20. The van der Waals surface area contributed by atoms with Crippen LogP contribution in [0.15, 0.2) is 58.5 Å². The summed E-state index contributed by atoms with van der Waals surface area (Å²) in [6.45, 7) is 2.46. The summed E-state index contributed by atoms with van der Waals surface area (Å²) in [6, 6.07) is 13.0. The monoisotopic (exact) mass is 337 g/mol. The van der Waals surface area contributed by atoms with Crippen molar-refractivity contribution in [3.63, 3.8) is 0 Å². The molecule has 2 aromatic carbocycles. The zero-order valence-electron chi connectivity index (χ0n) is 13.5. The topological polar surface area (TPSA) is 30.2 Å². The van der Waals surface area contributed by atoms with E-state index in [4.69, 9.17) is 4.99 Å². The molecule has 0 bridgehead atoms. The van der Waals surface area contributed by atoms with E-state index < -0.39 is 0 Å². The number of hydrogen-bond acceptors (Lipinski definition) is 3. The maximum atomic E-state index is 14.4. The molecule has 4 rings (SSSR count). The first kappa shape index (κ1) is 15.1. The molecule has 0 amide bonds. The quantitative estimate of drug-likeness (QED) is 0.649. The fourth-order valence-corrected chi connectivity index (χ4v) is 3.51. The van der Waals surface area contributed by atoms with Crippen molar-refractivity contribution in [2.45, 2.75) is 18.4 Å². The number of thioether (sulfide) groups is 1. The first-order chi connectivity index (χ1) is 11.7. The summed E-state index contributed by atoms with van der Waals surface area (Å²) >= 11 is 1.66. The molecular formula is C19H16FN3S. The highest BCUT2D eigenvalue weighted by Gasteiger charge is 2.22. The summed E-state index contributed by atoms with van der Waals surface area (Å²) in [4.78, 5) is 10.3. The van der Waals surface area contributed by atoms with Crippen molar-refractivity contribution in [3.8, 4) is 5.69 Å². The van der Waals surface area contributed by atoms with Gasteiger partial charge in [0.2, 0.25) is 0 Å². The number of halogens is 1. The molecule has 0 spiro atoms. The Morgan fingerprint density at radius 1 is 1.12 bits per heavy atom. The molecule has 3 aromatic rings. The van der Waals surface area contributed by atoms with Crippen LogP contribution in [0.5, 0.6) is 0 Å². The van der Waals surface area contributed by atoms with Crippen molar-refractivity contribution >= 4 is 17.5 Å². The number of rotatable bonds is 2. The second-order valence-electron chi connectivity index (χ2n) is 5.68. The highest BCUT2D eigenvalue weighted by atomic mass is 32.2. The Balaban J connectivity index is 2.02.